The van der Waals surface area contributed by atoms with Crippen LogP contribution in [0.25, 0.3) is 0 Å². The molecule has 0 unspecified atom stereocenters. The average Bonchev–Trinajstić information content (AvgIpc) is 2.41. The van der Waals surface area contributed by atoms with Crippen LogP contribution in [0.4, 0.5) is 0 Å². The summed E-state index contributed by atoms with van der Waals surface area (Å²) in [5.74, 6) is 1.50. The molecule has 0 fully saturated rings. The van der Waals surface area contributed by atoms with E-state index in [1.54, 1.807) is 0 Å². The molecule has 0 amide bonds. The molecule has 1 aromatic carbocycles. The zero-order valence-electron chi connectivity index (χ0n) is 13.4. The van der Waals surface area contributed by atoms with E-state index in [2.05, 4.69) is 47.2 Å². The average molecular weight is 353 g/mol. The van der Waals surface area contributed by atoms with Crippen molar-refractivity contribution in [3.63, 3.8) is 0 Å². The Morgan fingerprint density at radius 3 is 2.71 bits per heavy atom. The summed E-state index contributed by atoms with van der Waals surface area (Å²) in [7, 11) is 0. The van der Waals surface area contributed by atoms with Gasteiger partial charge in [-0.15, -0.1) is 0 Å². The molecule has 0 bridgehead atoms. The predicted octanol–water partition coefficient (Wildman–Crippen LogP) is 4.51. The number of nitrogens with one attached hydrogen (secondary N) is 1. The molecule has 0 radical (unpaired) electrons. The monoisotopic (exact) mass is 352 g/mol. The van der Waals surface area contributed by atoms with Gasteiger partial charge in [-0.1, -0.05) is 26.0 Å². The Labute approximate surface area is 136 Å². The Morgan fingerprint density at radius 1 is 1.38 bits per heavy atom. The third-order valence-corrected chi connectivity index (χ3v) is 3.82. The van der Waals surface area contributed by atoms with Crippen molar-refractivity contribution in [3.8, 4) is 11.8 Å². The molecule has 4 heteroatoms. The second kappa shape index (κ2) is 8.41. The second-order valence-corrected chi connectivity index (χ2v) is 7.20. The summed E-state index contributed by atoms with van der Waals surface area (Å²) < 4.78 is 6.88. The standard InChI is InChI=1S/C17H25BrN2O/c1-13(2)10-20-11-14-6-5-7-15(18)16(14)21-9-8-17(3,4)12-19/h5-7,13,20H,8-11H2,1-4H3. The van der Waals surface area contributed by atoms with Gasteiger partial charge in [0.25, 0.3) is 0 Å². The fraction of sp³-hybridized carbons (Fsp3) is 0.588. The highest BCUT2D eigenvalue weighted by molar-refractivity contribution is 9.10. The van der Waals surface area contributed by atoms with E-state index in [-0.39, 0.29) is 5.41 Å². The Balaban J connectivity index is 2.65. The van der Waals surface area contributed by atoms with Crippen LogP contribution in [0.15, 0.2) is 22.7 Å². The molecule has 21 heavy (non-hydrogen) atoms. The van der Waals surface area contributed by atoms with Gasteiger partial charge in [0.15, 0.2) is 0 Å². The van der Waals surface area contributed by atoms with E-state index >= 15 is 0 Å². The fourth-order valence-corrected chi connectivity index (χ4v) is 2.34. The first kappa shape index (κ1) is 18.0. The van der Waals surface area contributed by atoms with Gasteiger partial charge >= 0.3 is 0 Å². The number of halogens is 1. The van der Waals surface area contributed by atoms with Gasteiger partial charge in [0.1, 0.15) is 5.75 Å². The third kappa shape index (κ3) is 6.50. The van der Waals surface area contributed by atoms with E-state index in [1.807, 2.05) is 26.0 Å². The number of nitrogens with zero attached hydrogens (tertiary/aromatic N) is 1. The minimum Gasteiger partial charge on any atom is -0.492 e. The Morgan fingerprint density at radius 2 is 2.10 bits per heavy atom. The normalized spacial score (nSPS) is 11.5. The summed E-state index contributed by atoms with van der Waals surface area (Å²) in [5, 5.41) is 12.5. The van der Waals surface area contributed by atoms with Crippen molar-refractivity contribution in [3.05, 3.63) is 28.2 Å². The van der Waals surface area contributed by atoms with E-state index in [0.29, 0.717) is 18.9 Å². The maximum absolute atomic E-state index is 9.04. The van der Waals surface area contributed by atoms with Gasteiger partial charge in [-0.25, -0.2) is 0 Å². The van der Waals surface area contributed by atoms with Crippen LogP contribution in [0.5, 0.6) is 5.75 Å². The lowest BCUT2D eigenvalue weighted by molar-refractivity contribution is 0.260. The number of hydrogen-bond donors (Lipinski definition) is 1. The van der Waals surface area contributed by atoms with Gasteiger partial charge in [-0.3, -0.25) is 0 Å². The van der Waals surface area contributed by atoms with Crippen molar-refractivity contribution in [1.82, 2.24) is 5.32 Å². The van der Waals surface area contributed by atoms with Crippen molar-refractivity contribution in [1.29, 1.82) is 5.26 Å². The van der Waals surface area contributed by atoms with Crippen molar-refractivity contribution in [2.75, 3.05) is 13.2 Å². The number of para-hydroxylation sites is 1. The van der Waals surface area contributed by atoms with Crippen molar-refractivity contribution in [2.24, 2.45) is 11.3 Å². The molecule has 0 heterocycles. The lowest BCUT2D eigenvalue weighted by Gasteiger charge is -2.18. The largest absolute Gasteiger partial charge is 0.492 e. The van der Waals surface area contributed by atoms with Crippen LogP contribution >= 0.6 is 15.9 Å². The zero-order valence-corrected chi connectivity index (χ0v) is 15.0. The number of ether oxygens (including phenoxy) is 1. The molecule has 0 aliphatic carbocycles. The van der Waals surface area contributed by atoms with Crippen LogP contribution in [0.3, 0.4) is 0 Å². The number of hydrogen-bond acceptors (Lipinski definition) is 3. The van der Waals surface area contributed by atoms with Crippen LogP contribution in [-0.4, -0.2) is 13.2 Å². The number of rotatable bonds is 8. The van der Waals surface area contributed by atoms with E-state index in [9.17, 15) is 0 Å². The third-order valence-electron chi connectivity index (χ3n) is 3.19. The summed E-state index contributed by atoms with van der Waals surface area (Å²) in [5.41, 5.74) is 0.789. The molecule has 1 rings (SSSR count). The number of benzene rings is 1. The first-order valence-electron chi connectivity index (χ1n) is 7.38. The molecule has 0 saturated carbocycles. The van der Waals surface area contributed by atoms with E-state index < -0.39 is 0 Å². The van der Waals surface area contributed by atoms with Gasteiger partial charge in [0.2, 0.25) is 0 Å². The summed E-state index contributed by atoms with van der Waals surface area (Å²) in [6, 6.07) is 8.37. The molecule has 3 nitrogen and oxygen atoms in total. The Hall–Kier alpha value is -1.05. The summed E-state index contributed by atoms with van der Waals surface area (Å²) in [6.07, 6.45) is 0.712. The molecular weight excluding hydrogens is 328 g/mol. The van der Waals surface area contributed by atoms with Gasteiger partial charge in [-0.05, 0) is 54.7 Å². The SMILES string of the molecule is CC(C)CNCc1cccc(Br)c1OCCC(C)(C)C#N. The Kier molecular flexibility index (Phi) is 7.21. The molecule has 0 aromatic heterocycles. The molecule has 0 saturated heterocycles. The quantitative estimate of drug-likeness (QED) is 0.748. The first-order chi connectivity index (χ1) is 9.85. The van der Waals surface area contributed by atoms with E-state index in [4.69, 9.17) is 10.00 Å². The molecule has 0 aliphatic heterocycles. The second-order valence-electron chi connectivity index (χ2n) is 6.35. The van der Waals surface area contributed by atoms with Crippen LogP contribution in [-0.2, 0) is 6.54 Å². The summed E-state index contributed by atoms with van der Waals surface area (Å²) in [4.78, 5) is 0. The highest BCUT2D eigenvalue weighted by Gasteiger charge is 2.17. The molecule has 0 spiro atoms. The van der Waals surface area contributed by atoms with Gasteiger partial charge in [0, 0.05) is 12.1 Å². The maximum atomic E-state index is 9.04. The van der Waals surface area contributed by atoms with Crippen LogP contribution < -0.4 is 10.1 Å². The molecule has 0 atom stereocenters. The molecule has 116 valence electrons. The summed E-state index contributed by atoms with van der Waals surface area (Å²) >= 11 is 3.55. The van der Waals surface area contributed by atoms with Crippen LogP contribution in [0.1, 0.15) is 39.7 Å². The van der Waals surface area contributed by atoms with Crippen molar-refractivity contribution >= 4 is 15.9 Å². The topological polar surface area (TPSA) is 45.0 Å². The fourth-order valence-electron chi connectivity index (χ4n) is 1.81. The van der Waals surface area contributed by atoms with Crippen LogP contribution in [0.2, 0.25) is 0 Å². The van der Waals surface area contributed by atoms with Gasteiger partial charge in [0.05, 0.1) is 22.6 Å². The molecular formula is C17H25BrN2O. The lowest BCUT2D eigenvalue weighted by Crippen LogP contribution is -2.20. The molecule has 1 N–H and O–H groups in total. The van der Waals surface area contributed by atoms with Crippen molar-refractivity contribution < 1.29 is 4.74 Å². The van der Waals surface area contributed by atoms with Gasteiger partial charge < -0.3 is 10.1 Å². The molecule has 1 aromatic rings. The Bertz CT molecular complexity index is 492. The predicted molar refractivity (Wildman–Crippen MR) is 90.2 cm³/mol. The zero-order chi connectivity index (χ0) is 15.9. The highest BCUT2D eigenvalue weighted by atomic mass is 79.9. The minimum atomic E-state index is -0.350. The van der Waals surface area contributed by atoms with E-state index in [1.165, 1.54) is 0 Å². The van der Waals surface area contributed by atoms with E-state index in [0.717, 1.165) is 28.9 Å². The first-order valence-corrected chi connectivity index (χ1v) is 8.17. The summed E-state index contributed by atoms with van der Waals surface area (Å²) in [6.45, 7) is 10.6. The maximum Gasteiger partial charge on any atom is 0.137 e. The molecule has 0 aliphatic rings. The highest BCUT2D eigenvalue weighted by Crippen LogP contribution is 2.30. The minimum absolute atomic E-state index is 0.350. The number of nitriles is 1. The van der Waals surface area contributed by atoms with Gasteiger partial charge in [-0.2, -0.15) is 5.26 Å². The van der Waals surface area contributed by atoms with Crippen LogP contribution in [0, 0.1) is 22.7 Å². The smallest absolute Gasteiger partial charge is 0.137 e. The lowest BCUT2D eigenvalue weighted by atomic mass is 9.92. The van der Waals surface area contributed by atoms with Crippen molar-refractivity contribution in [2.45, 2.75) is 40.7 Å².